The molecule has 0 unspecified atom stereocenters. The minimum Gasteiger partial charge on any atom is -0.495 e. The topological polar surface area (TPSA) is 103 Å². The van der Waals surface area contributed by atoms with Gasteiger partial charge >= 0.3 is 0 Å². The molecule has 176 valence electrons. The summed E-state index contributed by atoms with van der Waals surface area (Å²) in [6.07, 6.45) is 0.235. The van der Waals surface area contributed by atoms with Gasteiger partial charge in [-0.2, -0.15) is 0 Å². The third-order valence-corrected chi connectivity index (χ3v) is 7.10. The standard InChI is InChI=1S/C23H24N6O3S2/c1-15-20(21(31)29(28(15)2)16-9-5-4-6-10-16)25-19(30)13-14-33-23-27-26-22(34-23)24-17-11-7-8-12-18(17)32-3/h4-12H,13-14H2,1-3H3,(H,24,26)(H,25,30). The van der Waals surface area contributed by atoms with Crippen molar-refractivity contribution in [1.29, 1.82) is 0 Å². The van der Waals surface area contributed by atoms with Gasteiger partial charge in [-0.05, 0) is 31.2 Å². The molecule has 9 nitrogen and oxygen atoms in total. The molecule has 2 heterocycles. The number of anilines is 3. The van der Waals surface area contributed by atoms with E-state index in [0.717, 1.165) is 15.7 Å². The quantitative estimate of drug-likeness (QED) is 0.335. The maximum Gasteiger partial charge on any atom is 0.295 e. The minimum absolute atomic E-state index is 0.226. The predicted molar refractivity (Wildman–Crippen MR) is 136 cm³/mol. The fourth-order valence-corrected chi connectivity index (χ4v) is 5.10. The average Bonchev–Trinajstić information content (AvgIpc) is 3.37. The molecular formula is C23H24N6O3S2. The van der Waals surface area contributed by atoms with Crippen molar-refractivity contribution >= 4 is 45.5 Å². The first kappa shape index (κ1) is 23.6. The van der Waals surface area contributed by atoms with Crippen molar-refractivity contribution in [2.24, 2.45) is 7.05 Å². The van der Waals surface area contributed by atoms with Gasteiger partial charge in [-0.1, -0.05) is 53.4 Å². The van der Waals surface area contributed by atoms with Crippen LogP contribution < -0.4 is 20.9 Å². The molecule has 0 atom stereocenters. The summed E-state index contributed by atoms with van der Waals surface area (Å²) < 4.78 is 9.35. The highest BCUT2D eigenvalue weighted by Gasteiger charge is 2.18. The summed E-state index contributed by atoms with van der Waals surface area (Å²) in [6.45, 7) is 1.81. The number of methoxy groups -OCH3 is 1. The Labute approximate surface area is 204 Å². The molecule has 0 aliphatic rings. The largest absolute Gasteiger partial charge is 0.495 e. The Balaban J connectivity index is 1.34. The monoisotopic (exact) mass is 496 g/mol. The highest BCUT2D eigenvalue weighted by atomic mass is 32.2. The molecule has 0 fully saturated rings. The van der Waals surface area contributed by atoms with Crippen molar-refractivity contribution in [1.82, 2.24) is 19.6 Å². The number of rotatable bonds is 9. The van der Waals surface area contributed by atoms with Gasteiger partial charge in [0, 0.05) is 19.2 Å². The molecule has 0 bridgehead atoms. The summed E-state index contributed by atoms with van der Waals surface area (Å²) >= 11 is 2.83. The van der Waals surface area contributed by atoms with E-state index >= 15 is 0 Å². The van der Waals surface area contributed by atoms with Crippen molar-refractivity contribution in [2.45, 2.75) is 17.7 Å². The van der Waals surface area contributed by atoms with E-state index in [0.29, 0.717) is 28.0 Å². The lowest BCUT2D eigenvalue weighted by molar-refractivity contribution is -0.115. The molecule has 0 spiro atoms. The second-order valence-electron chi connectivity index (χ2n) is 7.28. The zero-order chi connectivity index (χ0) is 24.1. The molecule has 0 saturated heterocycles. The molecule has 4 rings (SSSR count). The Morgan fingerprint density at radius 2 is 1.85 bits per heavy atom. The Bertz CT molecular complexity index is 1350. The van der Waals surface area contributed by atoms with E-state index in [-0.39, 0.29) is 17.9 Å². The number of amides is 1. The van der Waals surface area contributed by atoms with Gasteiger partial charge in [0.05, 0.1) is 24.2 Å². The molecule has 0 aliphatic heterocycles. The smallest absolute Gasteiger partial charge is 0.295 e. The molecule has 2 N–H and O–H groups in total. The van der Waals surface area contributed by atoms with Crippen LogP contribution in [0.25, 0.3) is 5.69 Å². The molecule has 34 heavy (non-hydrogen) atoms. The Hall–Kier alpha value is -3.57. The van der Waals surface area contributed by atoms with Gasteiger partial charge in [-0.15, -0.1) is 10.2 Å². The fraction of sp³-hybridized carbons (Fsp3) is 0.217. The maximum atomic E-state index is 12.9. The lowest BCUT2D eigenvalue weighted by Crippen LogP contribution is -2.23. The van der Waals surface area contributed by atoms with Crippen molar-refractivity contribution in [3.8, 4) is 11.4 Å². The van der Waals surface area contributed by atoms with Crippen LogP contribution in [0.3, 0.4) is 0 Å². The number of carbonyl (C=O) groups is 1. The Morgan fingerprint density at radius 3 is 2.62 bits per heavy atom. The maximum absolute atomic E-state index is 12.9. The van der Waals surface area contributed by atoms with Crippen LogP contribution >= 0.6 is 23.1 Å². The summed E-state index contributed by atoms with van der Waals surface area (Å²) in [7, 11) is 3.40. The third-order valence-electron chi connectivity index (χ3n) is 5.13. The number of thioether (sulfide) groups is 1. The van der Waals surface area contributed by atoms with Crippen LogP contribution in [0.15, 0.2) is 63.7 Å². The van der Waals surface area contributed by atoms with E-state index in [9.17, 15) is 9.59 Å². The summed E-state index contributed by atoms with van der Waals surface area (Å²) in [6, 6.07) is 16.9. The number of benzene rings is 2. The first-order chi connectivity index (χ1) is 16.5. The second-order valence-corrected chi connectivity index (χ2v) is 9.60. The molecule has 1 amide bonds. The SMILES string of the molecule is COc1ccccc1Nc1nnc(SCCC(=O)Nc2c(C)n(C)n(-c3ccccc3)c2=O)s1. The molecule has 11 heteroatoms. The lowest BCUT2D eigenvalue weighted by Gasteiger charge is -2.07. The van der Waals surface area contributed by atoms with E-state index in [2.05, 4.69) is 20.8 Å². The Kier molecular flexibility index (Phi) is 7.33. The van der Waals surface area contributed by atoms with E-state index < -0.39 is 0 Å². The molecule has 0 aliphatic carbocycles. The summed E-state index contributed by atoms with van der Waals surface area (Å²) in [5, 5.41) is 14.9. The summed E-state index contributed by atoms with van der Waals surface area (Å²) in [5.41, 5.74) is 2.26. The van der Waals surface area contributed by atoms with Crippen LogP contribution in [0, 0.1) is 6.92 Å². The Morgan fingerprint density at radius 1 is 1.12 bits per heavy atom. The minimum atomic E-state index is -0.261. The molecule has 2 aromatic carbocycles. The van der Waals surface area contributed by atoms with Gasteiger partial charge in [-0.25, -0.2) is 4.68 Å². The number of para-hydroxylation sites is 3. The fourth-order valence-electron chi connectivity index (χ4n) is 3.33. The highest BCUT2D eigenvalue weighted by Crippen LogP contribution is 2.31. The first-order valence-corrected chi connectivity index (χ1v) is 12.3. The molecule has 0 radical (unpaired) electrons. The van der Waals surface area contributed by atoms with Gasteiger partial charge in [0.1, 0.15) is 11.4 Å². The van der Waals surface area contributed by atoms with E-state index in [1.54, 1.807) is 18.8 Å². The zero-order valence-electron chi connectivity index (χ0n) is 18.9. The number of carbonyl (C=O) groups excluding carboxylic acids is 1. The number of hydrogen-bond donors (Lipinski definition) is 2. The number of nitrogens with zero attached hydrogens (tertiary/aromatic N) is 4. The molecule has 4 aromatic rings. The van der Waals surface area contributed by atoms with Crippen LogP contribution in [-0.4, -0.2) is 38.3 Å². The number of hydrogen-bond acceptors (Lipinski definition) is 8. The van der Waals surface area contributed by atoms with Crippen molar-refractivity contribution in [3.63, 3.8) is 0 Å². The second kappa shape index (κ2) is 10.6. The highest BCUT2D eigenvalue weighted by molar-refractivity contribution is 8.01. The van der Waals surface area contributed by atoms with Gasteiger partial charge in [0.25, 0.3) is 5.56 Å². The van der Waals surface area contributed by atoms with Gasteiger partial charge < -0.3 is 15.4 Å². The van der Waals surface area contributed by atoms with E-state index in [4.69, 9.17) is 4.74 Å². The van der Waals surface area contributed by atoms with Gasteiger partial charge in [0.15, 0.2) is 4.34 Å². The van der Waals surface area contributed by atoms with Crippen molar-refractivity contribution in [3.05, 3.63) is 70.6 Å². The predicted octanol–water partition coefficient (Wildman–Crippen LogP) is 4.21. The number of ether oxygens (including phenoxy) is 1. The number of aromatic nitrogens is 4. The summed E-state index contributed by atoms with van der Waals surface area (Å²) in [4.78, 5) is 25.5. The molecule has 2 aromatic heterocycles. The van der Waals surface area contributed by atoms with Crippen LogP contribution in [0.5, 0.6) is 5.75 Å². The normalized spacial score (nSPS) is 10.8. The van der Waals surface area contributed by atoms with Gasteiger partial charge in [0.2, 0.25) is 11.0 Å². The summed E-state index contributed by atoms with van der Waals surface area (Å²) in [5.74, 6) is 0.995. The van der Waals surface area contributed by atoms with Gasteiger partial charge in [-0.3, -0.25) is 14.3 Å². The van der Waals surface area contributed by atoms with E-state index in [1.165, 1.54) is 27.8 Å². The molecule has 0 saturated carbocycles. The van der Waals surface area contributed by atoms with Crippen LogP contribution in [0.1, 0.15) is 12.1 Å². The number of nitrogens with one attached hydrogen (secondary N) is 2. The molecular weight excluding hydrogens is 472 g/mol. The average molecular weight is 497 g/mol. The zero-order valence-corrected chi connectivity index (χ0v) is 20.6. The van der Waals surface area contributed by atoms with Crippen LogP contribution in [0.2, 0.25) is 0 Å². The first-order valence-electron chi connectivity index (χ1n) is 10.5. The van der Waals surface area contributed by atoms with E-state index in [1.807, 2.05) is 61.5 Å². The van der Waals surface area contributed by atoms with Crippen LogP contribution in [-0.2, 0) is 11.8 Å². The van der Waals surface area contributed by atoms with Crippen LogP contribution in [0.4, 0.5) is 16.5 Å². The lowest BCUT2D eigenvalue weighted by atomic mass is 10.3. The van der Waals surface area contributed by atoms with Crippen molar-refractivity contribution < 1.29 is 9.53 Å². The van der Waals surface area contributed by atoms with Crippen molar-refractivity contribution in [2.75, 3.05) is 23.5 Å². The third kappa shape index (κ3) is 5.15.